The molecule has 0 saturated carbocycles. The number of amides is 1. The molecule has 72 valence electrons. The zero-order valence-corrected chi connectivity index (χ0v) is 8.00. The van der Waals surface area contributed by atoms with Gasteiger partial charge >= 0.3 is 0 Å². The first kappa shape index (κ1) is 8.81. The Morgan fingerprint density at radius 1 is 1.36 bits per heavy atom. The van der Waals surface area contributed by atoms with Crippen LogP contribution in [0.15, 0.2) is 30.6 Å². The van der Waals surface area contributed by atoms with Gasteiger partial charge in [0.1, 0.15) is 0 Å². The predicted octanol–water partition coefficient (Wildman–Crippen LogP) is 1.46. The van der Waals surface area contributed by atoms with E-state index in [-0.39, 0.29) is 5.91 Å². The summed E-state index contributed by atoms with van der Waals surface area (Å²) in [6, 6.07) is 6.02. The normalized spacial score (nSPS) is 10.4. The van der Waals surface area contributed by atoms with Crippen LogP contribution < -0.4 is 5.32 Å². The molecule has 0 aliphatic heterocycles. The molecule has 0 saturated heterocycles. The highest BCUT2D eigenvalue weighted by molar-refractivity contribution is 5.85. The Morgan fingerprint density at radius 3 is 2.93 bits per heavy atom. The standard InChI is InChI=1S/C11H12N2O/c1-12-11(14)5-8-2-3-9-6-13-7-10(9)4-8/h2-4,6-7,13H,5H2,1H3,(H,12,14). The number of nitrogens with one attached hydrogen (secondary N) is 2. The number of fused-ring (bicyclic) bond motifs is 1. The van der Waals surface area contributed by atoms with E-state index in [0.717, 1.165) is 10.9 Å². The second-order valence-electron chi connectivity index (χ2n) is 3.27. The van der Waals surface area contributed by atoms with Gasteiger partial charge in [-0.15, -0.1) is 0 Å². The van der Waals surface area contributed by atoms with Gasteiger partial charge in [0.05, 0.1) is 6.42 Å². The summed E-state index contributed by atoms with van der Waals surface area (Å²) in [7, 11) is 1.65. The van der Waals surface area contributed by atoms with Crippen molar-refractivity contribution in [2.45, 2.75) is 6.42 Å². The number of H-pyrrole nitrogens is 1. The highest BCUT2D eigenvalue weighted by atomic mass is 16.1. The summed E-state index contributed by atoms with van der Waals surface area (Å²) in [4.78, 5) is 14.2. The van der Waals surface area contributed by atoms with Crippen LogP contribution in [0.2, 0.25) is 0 Å². The highest BCUT2D eigenvalue weighted by Gasteiger charge is 2.01. The fourth-order valence-electron chi connectivity index (χ4n) is 1.49. The lowest BCUT2D eigenvalue weighted by atomic mass is 10.1. The van der Waals surface area contributed by atoms with E-state index >= 15 is 0 Å². The van der Waals surface area contributed by atoms with Crippen LogP contribution in [0.4, 0.5) is 0 Å². The lowest BCUT2D eigenvalue weighted by Crippen LogP contribution is -2.19. The molecule has 1 aromatic heterocycles. The van der Waals surface area contributed by atoms with E-state index in [1.54, 1.807) is 7.05 Å². The number of carbonyl (C=O) groups is 1. The number of benzene rings is 1. The number of carbonyl (C=O) groups excluding carboxylic acids is 1. The fraction of sp³-hybridized carbons (Fsp3) is 0.182. The molecule has 1 aromatic carbocycles. The zero-order chi connectivity index (χ0) is 9.97. The van der Waals surface area contributed by atoms with Gasteiger partial charge in [0.2, 0.25) is 5.91 Å². The fourth-order valence-corrected chi connectivity index (χ4v) is 1.49. The Labute approximate surface area is 82.1 Å². The van der Waals surface area contributed by atoms with Gasteiger partial charge in [-0.2, -0.15) is 0 Å². The van der Waals surface area contributed by atoms with Crippen LogP contribution in [0.5, 0.6) is 0 Å². The van der Waals surface area contributed by atoms with Gasteiger partial charge in [0.15, 0.2) is 0 Å². The predicted molar refractivity (Wildman–Crippen MR) is 56.1 cm³/mol. The molecule has 0 bridgehead atoms. The Balaban J connectivity index is 2.30. The third kappa shape index (κ3) is 1.62. The van der Waals surface area contributed by atoms with E-state index in [9.17, 15) is 4.79 Å². The topological polar surface area (TPSA) is 44.9 Å². The smallest absolute Gasteiger partial charge is 0.224 e. The van der Waals surface area contributed by atoms with Gasteiger partial charge in [-0.1, -0.05) is 12.1 Å². The first-order chi connectivity index (χ1) is 6.79. The van der Waals surface area contributed by atoms with Gasteiger partial charge < -0.3 is 10.3 Å². The van der Waals surface area contributed by atoms with Gasteiger partial charge in [-0.3, -0.25) is 4.79 Å². The molecule has 0 unspecified atom stereocenters. The number of aromatic nitrogens is 1. The number of likely N-dealkylation sites (N-methyl/N-ethyl adjacent to an activating group) is 1. The molecule has 1 heterocycles. The van der Waals surface area contributed by atoms with Crippen LogP contribution >= 0.6 is 0 Å². The molecular formula is C11H12N2O. The summed E-state index contributed by atoms with van der Waals surface area (Å²) in [6.07, 6.45) is 4.32. The van der Waals surface area contributed by atoms with Crippen LogP contribution in [0.1, 0.15) is 5.56 Å². The summed E-state index contributed by atoms with van der Waals surface area (Å²) < 4.78 is 0. The second-order valence-corrected chi connectivity index (χ2v) is 3.27. The second kappa shape index (κ2) is 3.54. The van der Waals surface area contributed by atoms with Crippen LogP contribution in [0.3, 0.4) is 0 Å². The van der Waals surface area contributed by atoms with Crippen molar-refractivity contribution >= 4 is 16.7 Å². The third-order valence-corrected chi connectivity index (χ3v) is 2.27. The molecule has 1 amide bonds. The molecular weight excluding hydrogens is 176 g/mol. The largest absolute Gasteiger partial charge is 0.366 e. The first-order valence-corrected chi connectivity index (χ1v) is 4.55. The molecule has 0 atom stereocenters. The van der Waals surface area contributed by atoms with Crippen molar-refractivity contribution in [1.29, 1.82) is 0 Å². The van der Waals surface area contributed by atoms with Crippen molar-refractivity contribution in [3.63, 3.8) is 0 Å². The summed E-state index contributed by atoms with van der Waals surface area (Å²) >= 11 is 0. The van der Waals surface area contributed by atoms with Crippen LogP contribution in [0, 0.1) is 0 Å². The molecule has 3 nitrogen and oxygen atoms in total. The van der Waals surface area contributed by atoms with Crippen LogP contribution in [-0.2, 0) is 11.2 Å². The molecule has 2 rings (SSSR count). The van der Waals surface area contributed by atoms with E-state index in [4.69, 9.17) is 0 Å². The van der Waals surface area contributed by atoms with Gasteiger partial charge in [0.25, 0.3) is 0 Å². The molecule has 2 aromatic rings. The maximum Gasteiger partial charge on any atom is 0.224 e. The van der Waals surface area contributed by atoms with E-state index in [1.807, 2.05) is 30.6 Å². The number of aromatic amines is 1. The van der Waals surface area contributed by atoms with E-state index in [2.05, 4.69) is 10.3 Å². The van der Waals surface area contributed by atoms with Gasteiger partial charge in [-0.25, -0.2) is 0 Å². The van der Waals surface area contributed by atoms with Gasteiger partial charge in [-0.05, 0) is 22.4 Å². The quantitative estimate of drug-likeness (QED) is 0.736. The minimum absolute atomic E-state index is 0.0416. The minimum Gasteiger partial charge on any atom is -0.366 e. The Kier molecular flexibility index (Phi) is 2.23. The van der Waals surface area contributed by atoms with E-state index in [1.165, 1.54) is 5.39 Å². The average Bonchev–Trinajstić information content (AvgIpc) is 2.64. The first-order valence-electron chi connectivity index (χ1n) is 4.55. The summed E-state index contributed by atoms with van der Waals surface area (Å²) in [5.41, 5.74) is 1.04. The molecule has 2 N–H and O–H groups in total. The minimum atomic E-state index is 0.0416. The molecule has 0 aliphatic rings. The van der Waals surface area contributed by atoms with Crippen molar-refractivity contribution in [3.8, 4) is 0 Å². The Bertz CT molecular complexity index is 459. The molecule has 3 heteroatoms. The number of rotatable bonds is 2. The van der Waals surface area contributed by atoms with E-state index in [0.29, 0.717) is 6.42 Å². The maximum atomic E-state index is 11.1. The van der Waals surface area contributed by atoms with Crippen LogP contribution in [0.25, 0.3) is 10.8 Å². The van der Waals surface area contributed by atoms with Crippen LogP contribution in [-0.4, -0.2) is 17.9 Å². The molecule has 0 aliphatic carbocycles. The molecule has 0 spiro atoms. The SMILES string of the molecule is CNC(=O)Cc1ccc2c[nH]cc2c1. The van der Waals surface area contributed by atoms with Crippen molar-refractivity contribution in [2.24, 2.45) is 0 Å². The average molecular weight is 188 g/mol. The summed E-state index contributed by atoms with van der Waals surface area (Å²) in [5, 5.41) is 4.93. The monoisotopic (exact) mass is 188 g/mol. The Morgan fingerprint density at radius 2 is 2.14 bits per heavy atom. The van der Waals surface area contributed by atoms with Crippen molar-refractivity contribution in [2.75, 3.05) is 7.05 Å². The van der Waals surface area contributed by atoms with Crippen molar-refractivity contribution < 1.29 is 4.79 Å². The van der Waals surface area contributed by atoms with E-state index < -0.39 is 0 Å². The van der Waals surface area contributed by atoms with Crippen molar-refractivity contribution in [3.05, 3.63) is 36.2 Å². The molecule has 0 radical (unpaired) electrons. The van der Waals surface area contributed by atoms with Gasteiger partial charge in [0, 0.05) is 19.4 Å². The third-order valence-electron chi connectivity index (χ3n) is 2.27. The summed E-state index contributed by atoms with van der Waals surface area (Å²) in [5.74, 6) is 0.0416. The highest BCUT2D eigenvalue weighted by Crippen LogP contribution is 2.15. The molecule has 14 heavy (non-hydrogen) atoms. The lowest BCUT2D eigenvalue weighted by molar-refractivity contribution is -0.119. The summed E-state index contributed by atoms with van der Waals surface area (Å²) in [6.45, 7) is 0. The number of hydrogen-bond acceptors (Lipinski definition) is 1. The maximum absolute atomic E-state index is 11.1. The lowest BCUT2D eigenvalue weighted by Gasteiger charge is -2.00. The van der Waals surface area contributed by atoms with Crippen molar-refractivity contribution in [1.82, 2.24) is 10.3 Å². The zero-order valence-electron chi connectivity index (χ0n) is 8.00. The Hall–Kier alpha value is -1.77. The molecule has 0 fully saturated rings. The number of hydrogen-bond donors (Lipinski definition) is 2.